The Labute approximate surface area is 148 Å². The quantitative estimate of drug-likeness (QED) is 0.839. The smallest absolute Gasteiger partial charge is 0.325 e. The molecule has 3 rings (SSSR count). The van der Waals surface area contributed by atoms with E-state index in [1.165, 1.54) is 40.2 Å². The van der Waals surface area contributed by atoms with Crippen molar-refractivity contribution in [3.63, 3.8) is 0 Å². The Balaban J connectivity index is 1.75. The highest BCUT2D eigenvalue weighted by Crippen LogP contribution is 2.33. The van der Waals surface area contributed by atoms with Crippen molar-refractivity contribution < 1.29 is 19.4 Å². The molecule has 0 aromatic carbocycles. The van der Waals surface area contributed by atoms with Gasteiger partial charge < -0.3 is 19.5 Å². The Kier molecular flexibility index (Phi) is 5.75. The van der Waals surface area contributed by atoms with E-state index in [0.29, 0.717) is 23.4 Å². The molecule has 0 aliphatic carbocycles. The Hall–Kier alpha value is -1.86. The number of rotatable bonds is 6. The standard InChI is InChI=1S/C18H27N3O4/c1-24-15-6-5-14(17(19-15)25-2)16(18(22)23)21-11-7-13(8-12-21)20-9-3-4-10-20/h5-6,13,16H,3-4,7-12H2,1-2H3,(H,22,23)/t16-/m1/s1. The molecule has 1 aromatic heterocycles. The number of piperidine rings is 1. The third-order valence-corrected chi connectivity index (χ3v) is 5.32. The first-order chi connectivity index (χ1) is 12.1. The van der Waals surface area contributed by atoms with Crippen LogP contribution in [0, 0.1) is 0 Å². The number of aliphatic carboxylic acids is 1. The molecule has 0 spiro atoms. The van der Waals surface area contributed by atoms with Crippen molar-refractivity contribution in [1.82, 2.24) is 14.8 Å². The molecule has 0 unspecified atom stereocenters. The van der Waals surface area contributed by atoms with E-state index in [-0.39, 0.29) is 0 Å². The largest absolute Gasteiger partial charge is 0.481 e. The summed E-state index contributed by atoms with van der Waals surface area (Å²) in [6.07, 6.45) is 4.59. The van der Waals surface area contributed by atoms with Crippen LogP contribution in [0.5, 0.6) is 11.8 Å². The maximum atomic E-state index is 12.0. The van der Waals surface area contributed by atoms with Gasteiger partial charge in [0.05, 0.1) is 14.2 Å². The molecule has 0 amide bonds. The van der Waals surface area contributed by atoms with Crippen molar-refractivity contribution >= 4 is 5.97 Å². The van der Waals surface area contributed by atoms with Crippen molar-refractivity contribution in [3.8, 4) is 11.8 Å². The number of pyridine rings is 1. The van der Waals surface area contributed by atoms with Crippen LogP contribution >= 0.6 is 0 Å². The minimum Gasteiger partial charge on any atom is -0.481 e. The molecule has 1 atom stereocenters. The van der Waals surface area contributed by atoms with E-state index in [2.05, 4.69) is 9.88 Å². The summed E-state index contributed by atoms with van der Waals surface area (Å²) in [7, 11) is 3.03. The van der Waals surface area contributed by atoms with E-state index in [0.717, 1.165) is 25.9 Å². The second-order valence-electron chi connectivity index (χ2n) is 6.70. The van der Waals surface area contributed by atoms with Gasteiger partial charge in [0, 0.05) is 30.8 Å². The normalized spacial score (nSPS) is 21.2. The average Bonchev–Trinajstić information content (AvgIpc) is 3.17. The molecule has 1 N–H and O–H groups in total. The highest BCUT2D eigenvalue weighted by Gasteiger charge is 2.35. The van der Waals surface area contributed by atoms with Crippen molar-refractivity contribution in [3.05, 3.63) is 17.7 Å². The summed E-state index contributed by atoms with van der Waals surface area (Å²) >= 11 is 0. The number of carboxylic acid groups (broad SMARTS) is 1. The minimum absolute atomic E-state index is 0.313. The lowest BCUT2D eigenvalue weighted by molar-refractivity contribution is -0.144. The number of carbonyl (C=O) groups is 1. The average molecular weight is 349 g/mol. The van der Waals surface area contributed by atoms with Gasteiger partial charge in [-0.1, -0.05) is 0 Å². The van der Waals surface area contributed by atoms with Crippen LogP contribution in [0.2, 0.25) is 0 Å². The number of ether oxygens (including phenoxy) is 2. The van der Waals surface area contributed by atoms with Gasteiger partial charge in [0.25, 0.3) is 0 Å². The molecule has 2 fully saturated rings. The molecule has 7 heteroatoms. The van der Waals surface area contributed by atoms with Gasteiger partial charge in [0.15, 0.2) is 0 Å². The summed E-state index contributed by atoms with van der Waals surface area (Å²) in [5.41, 5.74) is 0.579. The monoisotopic (exact) mass is 349 g/mol. The van der Waals surface area contributed by atoms with E-state index in [4.69, 9.17) is 9.47 Å². The first kappa shape index (κ1) is 17.9. The lowest BCUT2D eigenvalue weighted by atomic mass is 9.99. The maximum absolute atomic E-state index is 12.0. The lowest BCUT2D eigenvalue weighted by Crippen LogP contribution is -2.46. The second-order valence-corrected chi connectivity index (χ2v) is 6.70. The summed E-state index contributed by atoms with van der Waals surface area (Å²) in [5.74, 6) is -0.143. The molecule has 7 nitrogen and oxygen atoms in total. The van der Waals surface area contributed by atoms with Crippen LogP contribution in [0.25, 0.3) is 0 Å². The second kappa shape index (κ2) is 8.01. The van der Waals surface area contributed by atoms with Crippen molar-refractivity contribution in [2.75, 3.05) is 40.4 Å². The molecule has 0 bridgehead atoms. The van der Waals surface area contributed by atoms with E-state index in [1.807, 2.05) is 4.90 Å². The first-order valence-corrected chi connectivity index (χ1v) is 8.94. The molecule has 2 saturated heterocycles. The SMILES string of the molecule is COc1ccc([C@H](C(=O)O)N2CCC(N3CCCC3)CC2)c(OC)n1. The van der Waals surface area contributed by atoms with Gasteiger partial charge in [-0.05, 0) is 44.8 Å². The highest BCUT2D eigenvalue weighted by molar-refractivity contribution is 5.76. The summed E-state index contributed by atoms with van der Waals surface area (Å²) in [4.78, 5) is 20.8. The van der Waals surface area contributed by atoms with E-state index < -0.39 is 12.0 Å². The fraction of sp³-hybridized carbons (Fsp3) is 0.667. The number of hydrogen-bond donors (Lipinski definition) is 1. The van der Waals surface area contributed by atoms with Crippen LogP contribution in [0.15, 0.2) is 12.1 Å². The number of carboxylic acids is 1. The van der Waals surface area contributed by atoms with Crippen LogP contribution in [-0.2, 0) is 4.79 Å². The minimum atomic E-state index is -0.870. The zero-order valence-electron chi connectivity index (χ0n) is 15.0. The molecule has 2 aliphatic heterocycles. The molecule has 0 radical (unpaired) electrons. The number of likely N-dealkylation sites (tertiary alicyclic amines) is 2. The van der Waals surface area contributed by atoms with Crippen LogP contribution < -0.4 is 9.47 Å². The number of methoxy groups -OCH3 is 2. The Morgan fingerprint density at radius 2 is 1.84 bits per heavy atom. The van der Waals surface area contributed by atoms with Crippen molar-refractivity contribution in [1.29, 1.82) is 0 Å². The van der Waals surface area contributed by atoms with Gasteiger partial charge in [-0.3, -0.25) is 9.69 Å². The number of nitrogens with zero attached hydrogens (tertiary/aromatic N) is 3. The van der Waals surface area contributed by atoms with Gasteiger partial charge in [-0.15, -0.1) is 0 Å². The van der Waals surface area contributed by atoms with Gasteiger partial charge >= 0.3 is 5.97 Å². The third kappa shape index (κ3) is 3.88. The summed E-state index contributed by atoms with van der Waals surface area (Å²) in [6, 6.07) is 3.28. The summed E-state index contributed by atoms with van der Waals surface area (Å²) in [5, 5.41) is 9.84. The molecular formula is C18H27N3O4. The highest BCUT2D eigenvalue weighted by atomic mass is 16.5. The van der Waals surface area contributed by atoms with Crippen LogP contribution in [0.3, 0.4) is 0 Å². The number of hydrogen-bond acceptors (Lipinski definition) is 6. The molecule has 3 heterocycles. The zero-order valence-corrected chi connectivity index (χ0v) is 15.0. The fourth-order valence-electron chi connectivity index (χ4n) is 4.02. The topological polar surface area (TPSA) is 75.1 Å². The number of aromatic nitrogens is 1. The van der Waals surface area contributed by atoms with Crippen molar-refractivity contribution in [2.24, 2.45) is 0 Å². The predicted molar refractivity (Wildman–Crippen MR) is 93.1 cm³/mol. The van der Waals surface area contributed by atoms with Crippen LogP contribution in [0.1, 0.15) is 37.3 Å². The van der Waals surface area contributed by atoms with Gasteiger partial charge in [0.1, 0.15) is 6.04 Å². The van der Waals surface area contributed by atoms with Crippen molar-refractivity contribution in [2.45, 2.75) is 37.8 Å². The van der Waals surface area contributed by atoms with E-state index in [1.54, 1.807) is 12.1 Å². The molecule has 138 valence electrons. The summed E-state index contributed by atoms with van der Waals surface area (Å²) < 4.78 is 10.4. The molecular weight excluding hydrogens is 322 g/mol. The van der Waals surface area contributed by atoms with E-state index >= 15 is 0 Å². The van der Waals surface area contributed by atoms with Crippen LogP contribution in [-0.4, -0.2) is 72.3 Å². The zero-order chi connectivity index (χ0) is 17.8. The first-order valence-electron chi connectivity index (χ1n) is 8.94. The predicted octanol–water partition coefficient (Wildman–Crippen LogP) is 1.78. The Morgan fingerprint density at radius 3 is 2.40 bits per heavy atom. The fourth-order valence-corrected chi connectivity index (χ4v) is 4.02. The van der Waals surface area contributed by atoms with Gasteiger partial charge in [-0.2, -0.15) is 4.98 Å². The Morgan fingerprint density at radius 1 is 1.16 bits per heavy atom. The molecule has 1 aromatic rings. The lowest BCUT2D eigenvalue weighted by Gasteiger charge is -2.39. The third-order valence-electron chi connectivity index (χ3n) is 5.32. The maximum Gasteiger partial charge on any atom is 0.325 e. The molecule has 25 heavy (non-hydrogen) atoms. The van der Waals surface area contributed by atoms with Gasteiger partial charge in [0.2, 0.25) is 11.8 Å². The van der Waals surface area contributed by atoms with Gasteiger partial charge in [-0.25, -0.2) is 0 Å². The summed E-state index contributed by atoms with van der Waals surface area (Å²) in [6.45, 7) is 3.91. The van der Waals surface area contributed by atoms with E-state index in [9.17, 15) is 9.90 Å². The molecule has 2 aliphatic rings. The molecule has 0 saturated carbocycles. The Bertz CT molecular complexity index is 596. The van der Waals surface area contributed by atoms with Crippen LogP contribution in [0.4, 0.5) is 0 Å².